The maximum atomic E-state index is 11.9. The summed E-state index contributed by atoms with van der Waals surface area (Å²) in [7, 11) is 0. The summed E-state index contributed by atoms with van der Waals surface area (Å²) in [5.41, 5.74) is 6.38. The lowest BCUT2D eigenvalue weighted by Gasteiger charge is -2.04. The second kappa shape index (κ2) is 6.31. The van der Waals surface area contributed by atoms with Gasteiger partial charge in [-0.2, -0.15) is 5.10 Å². The topological polar surface area (TPSA) is 85.8 Å². The molecule has 0 aliphatic rings. The van der Waals surface area contributed by atoms with Crippen LogP contribution in [0, 0.1) is 0 Å². The summed E-state index contributed by atoms with van der Waals surface area (Å²) in [5.74, 6) is -0.266. The average Bonchev–Trinajstić information content (AvgIpc) is 2.87. The van der Waals surface area contributed by atoms with Crippen LogP contribution >= 0.6 is 11.6 Å². The summed E-state index contributed by atoms with van der Waals surface area (Å²) in [6.45, 7) is 1.33. The summed E-state index contributed by atoms with van der Waals surface area (Å²) in [5, 5.41) is 7.35. The number of hydrogen-bond acceptors (Lipinski definition) is 4. The van der Waals surface area contributed by atoms with Gasteiger partial charge >= 0.3 is 0 Å². The summed E-state index contributed by atoms with van der Waals surface area (Å²) < 4.78 is 1.63. The standard InChI is InChI=1S/C12H14ClN5O/c13-9-2-1-5-15-11(9)8-16-12(19)10-3-6-18(17-10)7-4-14/h1-3,5-6H,4,7-8,14H2,(H,16,19). The first-order valence-corrected chi connectivity index (χ1v) is 6.19. The monoisotopic (exact) mass is 279 g/mol. The normalized spacial score (nSPS) is 10.4. The Kier molecular flexibility index (Phi) is 4.48. The number of carbonyl (C=O) groups excluding carboxylic acids is 1. The third kappa shape index (κ3) is 3.52. The highest BCUT2D eigenvalue weighted by molar-refractivity contribution is 6.31. The van der Waals surface area contributed by atoms with Crippen LogP contribution < -0.4 is 11.1 Å². The molecule has 2 heterocycles. The van der Waals surface area contributed by atoms with Crippen molar-refractivity contribution in [2.45, 2.75) is 13.1 Å². The number of nitrogens with zero attached hydrogens (tertiary/aromatic N) is 3. The Morgan fingerprint density at radius 1 is 1.47 bits per heavy atom. The Morgan fingerprint density at radius 3 is 3.05 bits per heavy atom. The number of nitrogens with one attached hydrogen (secondary N) is 1. The number of aromatic nitrogens is 3. The Hall–Kier alpha value is -1.92. The smallest absolute Gasteiger partial charge is 0.272 e. The van der Waals surface area contributed by atoms with Gasteiger partial charge in [-0.15, -0.1) is 0 Å². The maximum absolute atomic E-state index is 11.9. The van der Waals surface area contributed by atoms with Crippen LogP contribution in [0.2, 0.25) is 5.02 Å². The fourth-order valence-corrected chi connectivity index (χ4v) is 1.73. The van der Waals surface area contributed by atoms with Gasteiger partial charge in [-0.1, -0.05) is 11.6 Å². The van der Waals surface area contributed by atoms with Crippen LogP contribution in [0.1, 0.15) is 16.2 Å². The fraction of sp³-hybridized carbons (Fsp3) is 0.250. The molecule has 1 amide bonds. The van der Waals surface area contributed by atoms with Crippen LogP contribution in [0.5, 0.6) is 0 Å². The van der Waals surface area contributed by atoms with Gasteiger partial charge in [-0.25, -0.2) is 0 Å². The Bertz CT molecular complexity index is 569. The number of pyridine rings is 1. The van der Waals surface area contributed by atoms with E-state index in [1.54, 1.807) is 35.3 Å². The van der Waals surface area contributed by atoms with Crippen molar-refractivity contribution in [2.75, 3.05) is 6.54 Å². The predicted octanol–water partition coefficient (Wildman–Crippen LogP) is 0.820. The SMILES string of the molecule is NCCn1ccc(C(=O)NCc2ncccc2Cl)n1. The van der Waals surface area contributed by atoms with E-state index in [1.165, 1.54) is 0 Å². The molecule has 0 saturated heterocycles. The van der Waals surface area contributed by atoms with Gasteiger partial charge in [0.25, 0.3) is 5.91 Å². The molecule has 100 valence electrons. The van der Waals surface area contributed by atoms with E-state index in [-0.39, 0.29) is 12.5 Å². The molecule has 3 N–H and O–H groups in total. The van der Waals surface area contributed by atoms with Crippen molar-refractivity contribution in [3.05, 3.63) is 47.0 Å². The minimum absolute atomic E-state index is 0.266. The van der Waals surface area contributed by atoms with Crippen molar-refractivity contribution >= 4 is 17.5 Å². The summed E-state index contributed by atoms with van der Waals surface area (Å²) in [6, 6.07) is 5.11. The molecular weight excluding hydrogens is 266 g/mol. The largest absolute Gasteiger partial charge is 0.345 e. The zero-order valence-corrected chi connectivity index (χ0v) is 11.0. The number of carbonyl (C=O) groups is 1. The number of hydrogen-bond donors (Lipinski definition) is 2. The maximum Gasteiger partial charge on any atom is 0.272 e. The molecule has 6 nitrogen and oxygen atoms in total. The van der Waals surface area contributed by atoms with Gasteiger partial charge in [0.2, 0.25) is 0 Å². The van der Waals surface area contributed by atoms with E-state index >= 15 is 0 Å². The molecule has 19 heavy (non-hydrogen) atoms. The average molecular weight is 280 g/mol. The van der Waals surface area contributed by atoms with Crippen molar-refractivity contribution in [2.24, 2.45) is 5.73 Å². The molecule has 0 saturated carbocycles. The van der Waals surface area contributed by atoms with Gasteiger partial charge in [-0.3, -0.25) is 14.5 Å². The second-order valence-electron chi connectivity index (χ2n) is 3.87. The van der Waals surface area contributed by atoms with Crippen LogP contribution in [-0.2, 0) is 13.1 Å². The van der Waals surface area contributed by atoms with E-state index < -0.39 is 0 Å². The van der Waals surface area contributed by atoms with Gasteiger partial charge < -0.3 is 11.1 Å². The van der Waals surface area contributed by atoms with E-state index in [9.17, 15) is 4.79 Å². The van der Waals surface area contributed by atoms with E-state index in [0.29, 0.717) is 29.5 Å². The summed E-state index contributed by atoms with van der Waals surface area (Å²) in [4.78, 5) is 15.9. The highest BCUT2D eigenvalue weighted by Gasteiger charge is 2.10. The van der Waals surface area contributed by atoms with E-state index in [1.807, 2.05) is 0 Å². The summed E-state index contributed by atoms with van der Waals surface area (Å²) in [6.07, 6.45) is 3.35. The fourth-order valence-electron chi connectivity index (χ4n) is 1.54. The molecule has 0 radical (unpaired) electrons. The number of nitrogens with two attached hydrogens (primary N) is 1. The molecule has 0 bridgehead atoms. The molecule has 0 spiro atoms. The molecule has 2 aromatic heterocycles. The lowest BCUT2D eigenvalue weighted by atomic mass is 10.3. The molecule has 0 aliphatic carbocycles. The Labute approximate surface area is 115 Å². The molecule has 0 aliphatic heterocycles. The van der Waals surface area contributed by atoms with Crippen molar-refractivity contribution in [3.63, 3.8) is 0 Å². The molecule has 2 aromatic rings. The van der Waals surface area contributed by atoms with E-state index in [4.69, 9.17) is 17.3 Å². The first-order chi connectivity index (χ1) is 9.20. The molecule has 0 aromatic carbocycles. The van der Waals surface area contributed by atoms with Crippen LogP contribution in [-0.4, -0.2) is 27.2 Å². The van der Waals surface area contributed by atoms with Crippen molar-refractivity contribution in [1.82, 2.24) is 20.1 Å². The number of amides is 1. The van der Waals surface area contributed by atoms with Gasteiger partial charge in [0, 0.05) is 18.9 Å². The number of halogens is 1. The molecule has 0 unspecified atom stereocenters. The lowest BCUT2D eigenvalue weighted by Crippen LogP contribution is -2.24. The highest BCUT2D eigenvalue weighted by atomic mass is 35.5. The first-order valence-electron chi connectivity index (χ1n) is 5.82. The molecule has 2 rings (SSSR count). The van der Waals surface area contributed by atoms with Crippen LogP contribution in [0.15, 0.2) is 30.6 Å². The third-order valence-electron chi connectivity index (χ3n) is 2.48. The minimum atomic E-state index is -0.266. The predicted molar refractivity (Wildman–Crippen MR) is 71.7 cm³/mol. The lowest BCUT2D eigenvalue weighted by molar-refractivity contribution is 0.0944. The van der Waals surface area contributed by atoms with Crippen molar-refractivity contribution in [1.29, 1.82) is 0 Å². The van der Waals surface area contributed by atoms with Gasteiger partial charge in [0.05, 0.1) is 23.8 Å². The van der Waals surface area contributed by atoms with Crippen LogP contribution in [0.25, 0.3) is 0 Å². The van der Waals surface area contributed by atoms with Gasteiger partial charge in [0.1, 0.15) is 5.69 Å². The minimum Gasteiger partial charge on any atom is -0.345 e. The zero-order chi connectivity index (χ0) is 13.7. The molecule has 0 fully saturated rings. The third-order valence-corrected chi connectivity index (χ3v) is 2.83. The van der Waals surface area contributed by atoms with Gasteiger partial charge in [-0.05, 0) is 18.2 Å². The summed E-state index contributed by atoms with van der Waals surface area (Å²) >= 11 is 5.95. The first kappa shape index (κ1) is 13.5. The van der Waals surface area contributed by atoms with E-state index in [2.05, 4.69) is 15.4 Å². The quantitative estimate of drug-likeness (QED) is 0.848. The molecule has 0 atom stereocenters. The second-order valence-corrected chi connectivity index (χ2v) is 4.27. The van der Waals surface area contributed by atoms with Crippen LogP contribution in [0.4, 0.5) is 0 Å². The van der Waals surface area contributed by atoms with E-state index in [0.717, 1.165) is 0 Å². The molecular formula is C12H14ClN5O. The molecule has 7 heteroatoms. The zero-order valence-electron chi connectivity index (χ0n) is 10.2. The van der Waals surface area contributed by atoms with Gasteiger partial charge in [0.15, 0.2) is 0 Å². The van der Waals surface area contributed by atoms with Crippen molar-refractivity contribution < 1.29 is 4.79 Å². The van der Waals surface area contributed by atoms with Crippen LogP contribution in [0.3, 0.4) is 0 Å². The number of rotatable bonds is 5. The highest BCUT2D eigenvalue weighted by Crippen LogP contribution is 2.11. The van der Waals surface area contributed by atoms with Crippen molar-refractivity contribution in [3.8, 4) is 0 Å². The Morgan fingerprint density at radius 2 is 2.32 bits per heavy atom. The Balaban J connectivity index is 1.95.